The van der Waals surface area contributed by atoms with E-state index in [1.165, 1.54) is 12.3 Å². The zero-order valence-corrected chi connectivity index (χ0v) is 5.53. The van der Waals surface area contributed by atoms with Gasteiger partial charge in [-0.15, -0.1) is 0 Å². The molecule has 0 aliphatic heterocycles. The molecule has 1 rings (SSSR count). The number of hydrogen-bond donors (Lipinski definition) is 0. The van der Waals surface area contributed by atoms with Crippen molar-refractivity contribution < 1.29 is 4.52 Å². The van der Waals surface area contributed by atoms with Crippen LogP contribution < -0.4 is 0 Å². The quantitative estimate of drug-likeness (QED) is 0.547. The highest BCUT2D eigenvalue weighted by molar-refractivity contribution is 5.49. The average molecular weight is 134 g/mol. The third-order valence-electron chi connectivity index (χ3n) is 1.10. The molecule has 0 N–H and O–H groups in total. The van der Waals surface area contributed by atoms with Crippen LogP contribution in [0.15, 0.2) is 16.9 Å². The van der Waals surface area contributed by atoms with Gasteiger partial charge in [0.15, 0.2) is 0 Å². The molecule has 1 heterocycles. The van der Waals surface area contributed by atoms with E-state index in [9.17, 15) is 0 Å². The van der Waals surface area contributed by atoms with E-state index in [2.05, 4.69) is 9.68 Å². The van der Waals surface area contributed by atoms with E-state index in [1.54, 1.807) is 6.08 Å². The number of aryl methyl sites for hydroxylation is 1. The fourth-order valence-corrected chi connectivity index (χ4v) is 0.573. The maximum absolute atomic E-state index is 8.16. The number of nitrogens with zero attached hydrogens (tertiary/aromatic N) is 2. The predicted molar refractivity (Wildman–Crippen MR) is 35.9 cm³/mol. The van der Waals surface area contributed by atoms with Crippen LogP contribution in [-0.2, 0) is 0 Å². The Morgan fingerprint density at radius 3 is 3.10 bits per heavy atom. The number of aromatic nitrogens is 1. The average Bonchev–Trinajstić information content (AvgIpc) is 2.31. The van der Waals surface area contributed by atoms with Crippen molar-refractivity contribution in [2.24, 2.45) is 0 Å². The molecule has 0 aromatic carbocycles. The Morgan fingerprint density at radius 1 is 1.80 bits per heavy atom. The molecule has 0 aliphatic rings. The van der Waals surface area contributed by atoms with E-state index in [4.69, 9.17) is 5.26 Å². The summed E-state index contributed by atoms with van der Waals surface area (Å²) in [6.45, 7) is 1.87. The summed E-state index contributed by atoms with van der Waals surface area (Å²) in [6, 6.07) is 1.87. The fourth-order valence-electron chi connectivity index (χ4n) is 0.573. The van der Waals surface area contributed by atoms with Crippen molar-refractivity contribution in [1.82, 2.24) is 5.16 Å². The van der Waals surface area contributed by atoms with Gasteiger partial charge in [0.05, 0.1) is 6.07 Å². The van der Waals surface area contributed by atoms with E-state index in [1.807, 2.05) is 13.0 Å². The Bertz CT molecular complexity index is 280. The summed E-state index contributed by atoms with van der Waals surface area (Å²) in [5.41, 5.74) is 1.65. The largest absolute Gasteiger partial charge is 0.364 e. The minimum Gasteiger partial charge on any atom is -0.364 e. The zero-order chi connectivity index (χ0) is 7.40. The third kappa shape index (κ3) is 1.23. The molecule has 1 aromatic heterocycles. The molecule has 0 unspecified atom stereocenters. The molecule has 0 atom stereocenters. The molecule has 3 nitrogen and oxygen atoms in total. The van der Waals surface area contributed by atoms with E-state index in [0.29, 0.717) is 5.69 Å². The van der Waals surface area contributed by atoms with E-state index < -0.39 is 0 Å². The van der Waals surface area contributed by atoms with Gasteiger partial charge in [-0.3, -0.25) is 0 Å². The highest BCUT2D eigenvalue weighted by Gasteiger charge is 1.95. The first-order valence-corrected chi connectivity index (χ1v) is 2.81. The Morgan fingerprint density at radius 2 is 2.60 bits per heavy atom. The van der Waals surface area contributed by atoms with Crippen LogP contribution in [0.3, 0.4) is 0 Å². The summed E-state index contributed by atoms with van der Waals surface area (Å²) in [6.07, 6.45) is 4.51. The van der Waals surface area contributed by atoms with Gasteiger partial charge < -0.3 is 4.52 Å². The SMILES string of the molecule is Cc1conc1/C=C\C#N. The molecule has 1 aromatic rings. The lowest BCUT2D eigenvalue weighted by molar-refractivity contribution is 0.418. The standard InChI is InChI=1S/C7H6N2O/c1-6-5-10-9-7(6)3-2-4-8/h2-3,5H,1H3/b3-2-. The van der Waals surface area contributed by atoms with Crippen LogP contribution >= 0.6 is 0 Å². The van der Waals surface area contributed by atoms with E-state index >= 15 is 0 Å². The molecule has 0 saturated carbocycles. The number of allylic oxidation sites excluding steroid dienone is 1. The second kappa shape index (κ2) is 2.83. The Hall–Kier alpha value is -1.56. The van der Waals surface area contributed by atoms with Gasteiger partial charge in [-0.05, 0) is 13.0 Å². The Kier molecular flexibility index (Phi) is 1.86. The minimum absolute atomic E-state index is 0.710. The second-order valence-corrected chi connectivity index (χ2v) is 1.85. The van der Waals surface area contributed by atoms with Gasteiger partial charge in [0.1, 0.15) is 12.0 Å². The van der Waals surface area contributed by atoms with Crippen molar-refractivity contribution in [2.75, 3.05) is 0 Å². The summed E-state index contributed by atoms with van der Waals surface area (Å²) in [5, 5.41) is 11.8. The van der Waals surface area contributed by atoms with Crippen molar-refractivity contribution in [3.63, 3.8) is 0 Å². The zero-order valence-electron chi connectivity index (χ0n) is 5.53. The second-order valence-electron chi connectivity index (χ2n) is 1.85. The smallest absolute Gasteiger partial charge is 0.127 e. The molecule has 0 amide bonds. The van der Waals surface area contributed by atoms with Gasteiger partial charge in [0, 0.05) is 11.6 Å². The van der Waals surface area contributed by atoms with Crippen LogP contribution in [0.2, 0.25) is 0 Å². The van der Waals surface area contributed by atoms with Gasteiger partial charge in [-0.25, -0.2) is 0 Å². The molecule has 0 saturated heterocycles. The molecule has 3 heteroatoms. The molecular formula is C7H6N2O. The topological polar surface area (TPSA) is 49.8 Å². The summed E-state index contributed by atoms with van der Waals surface area (Å²) in [5.74, 6) is 0. The lowest BCUT2D eigenvalue weighted by Crippen LogP contribution is -1.72. The first-order valence-electron chi connectivity index (χ1n) is 2.81. The van der Waals surface area contributed by atoms with Gasteiger partial charge >= 0.3 is 0 Å². The van der Waals surface area contributed by atoms with Crippen LogP contribution in [0, 0.1) is 18.3 Å². The van der Waals surface area contributed by atoms with Crippen LogP contribution in [0.1, 0.15) is 11.3 Å². The molecule has 10 heavy (non-hydrogen) atoms. The van der Waals surface area contributed by atoms with E-state index in [-0.39, 0.29) is 0 Å². The summed E-state index contributed by atoms with van der Waals surface area (Å²) in [4.78, 5) is 0. The van der Waals surface area contributed by atoms with Crippen molar-refractivity contribution in [2.45, 2.75) is 6.92 Å². The Labute approximate surface area is 58.6 Å². The lowest BCUT2D eigenvalue weighted by Gasteiger charge is -1.79. The third-order valence-corrected chi connectivity index (χ3v) is 1.10. The van der Waals surface area contributed by atoms with Crippen LogP contribution in [-0.4, -0.2) is 5.16 Å². The van der Waals surface area contributed by atoms with Crippen molar-refractivity contribution in [3.8, 4) is 6.07 Å². The molecule has 50 valence electrons. The van der Waals surface area contributed by atoms with E-state index in [0.717, 1.165) is 5.56 Å². The van der Waals surface area contributed by atoms with Crippen molar-refractivity contribution >= 4 is 6.08 Å². The minimum atomic E-state index is 0.710. The summed E-state index contributed by atoms with van der Waals surface area (Å²) < 4.78 is 4.63. The fraction of sp³-hybridized carbons (Fsp3) is 0.143. The molecule has 0 spiro atoms. The van der Waals surface area contributed by atoms with Crippen LogP contribution in [0.5, 0.6) is 0 Å². The maximum Gasteiger partial charge on any atom is 0.127 e. The predicted octanol–water partition coefficient (Wildman–Crippen LogP) is 1.52. The molecule has 0 aliphatic carbocycles. The molecule has 0 radical (unpaired) electrons. The number of rotatable bonds is 1. The highest BCUT2D eigenvalue weighted by atomic mass is 16.5. The maximum atomic E-state index is 8.16. The van der Waals surface area contributed by atoms with Gasteiger partial charge in [0.25, 0.3) is 0 Å². The summed E-state index contributed by atoms with van der Waals surface area (Å²) in [7, 11) is 0. The summed E-state index contributed by atoms with van der Waals surface area (Å²) >= 11 is 0. The van der Waals surface area contributed by atoms with Crippen molar-refractivity contribution in [1.29, 1.82) is 5.26 Å². The van der Waals surface area contributed by atoms with Gasteiger partial charge in [-0.2, -0.15) is 5.26 Å². The normalized spacial score (nSPS) is 10.0. The lowest BCUT2D eigenvalue weighted by atomic mass is 10.3. The first kappa shape index (κ1) is 6.56. The number of nitriles is 1. The van der Waals surface area contributed by atoms with Crippen LogP contribution in [0.25, 0.3) is 6.08 Å². The molecule has 0 fully saturated rings. The van der Waals surface area contributed by atoms with Crippen LogP contribution in [0.4, 0.5) is 0 Å². The monoisotopic (exact) mass is 134 g/mol. The highest BCUT2D eigenvalue weighted by Crippen LogP contribution is 2.05. The van der Waals surface area contributed by atoms with Gasteiger partial charge in [-0.1, -0.05) is 5.16 Å². The van der Waals surface area contributed by atoms with Gasteiger partial charge in [0.2, 0.25) is 0 Å². The first-order chi connectivity index (χ1) is 4.84. The number of hydrogen-bond acceptors (Lipinski definition) is 3. The van der Waals surface area contributed by atoms with Crippen molar-refractivity contribution in [3.05, 3.63) is 23.6 Å². The molecular weight excluding hydrogens is 128 g/mol. The molecule has 0 bridgehead atoms. The Balaban J connectivity index is 2.87.